The van der Waals surface area contributed by atoms with E-state index in [1.165, 1.54) is 23.1 Å². The van der Waals surface area contributed by atoms with E-state index in [1.54, 1.807) is 0 Å². The molecule has 1 N–H and O–H groups in total. The van der Waals surface area contributed by atoms with Gasteiger partial charge in [0.2, 0.25) is 0 Å². The smallest absolute Gasteiger partial charge is 0.104 e. The number of aliphatic hydroxyl groups is 1. The largest absolute Gasteiger partial charge is 0.384 e. The van der Waals surface area contributed by atoms with Gasteiger partial charge in [0.15, 0.2) is 0 Å². The molecule has 112 valence electrons. The van der Waals surface area contributed by atoms with E-state index >= 15 is 0 Å². The van der Waals surface area contributed by atoms with Gasteiger partial charge in [-0.15, -0.1) is 5.92 Å². The van der Waals surface area contributed by atoms with E-state index in [2.05, 4.69) is 57.8 Å². The average Bonchev–Trinajstić information content (AvgIpc) is 2.38. The fraction of sp³-hybridized carbons (Fsp3) is 0.579. The summed E-state index contributed by atoms with van der Waals surface area (Å²) in [5.41, 5.74) is 4.33. The molecule has 0 heterocycles. The SMILES string of the molecule is CC(C)=CCCC(C)=CCCC(C)=CCCC#CCO. The summed E-state index contributed by atoms with van der Waals surface area (Å²) in [4.78, 5) is 0. The zero-order valence-corrected chi connectivity index (χ0v) is 13.6. The number of allylic oxidation sites excluding steroid dienone is 6. The van der Waals surface area contributed by atoms with Crippen LogP contribution in [0.25, 0.3) is 0 Å². The number of hydrogen-bond donors (Lipinski definition) is 1. The Kier molecular flexibility index (Phi) is 12.0. The molecule has 1 nitrogen and oxygen atoms in total. The maximum Gasteiger partial charge on any atom is 0.104 e. The highest BCUT2D eigenvalue weighted by Crippen LogP contribution is 2.12. The van der Waals surface area contributed by atoms with Gasteiger partial charge in [0.05, 0.1) is 0 Å². The van der Waals surface area contributed by atoms with E-state index < -0.39 is 0 Å². The topological polar surface area (TPSA) is 20.2 Å². The molecule has 20 heavy (non-hydrogen) atoms. The summed E-state index contributed by atoms with van der Waals surface area (Å²) in [6.07, 6.45) is 13.3. The molecule has 0 rings (SSSR count). The van der Waals surface area contributed by atoms with E-state index in [-0.39, 0.29) is 6.61 Å². The standard InChI is InChI=1S/C19H30O/c1-17(2)11-9-13-19(4)15-10-14-18(3)12-7-5-6-8-16-20/h11-12,15,20H,5,7,9-10,13-14,16H2,1-4H3. The van der Waals surface area contributed by atoms with Crippen LogP contribution in [0, 0.1) is 11.8 Å². The molecular weight excluding hydrogens is 244 g/mol. The summed E-state index contributed by atoms with van der Waals surface area (Å²) in [6.45, 7) is 8.68. The molecule has 0 radical (unpaired) electrons. The summed E-state index contributed by atoms with van der Waals surface area (Å²) in [6, 6.07) is 0. The van der Waals surface area contributed by atoms with Crippen LogP contribution in [-0.4, -0.2) is 11.7 Å². The third-order valence-corrected chi connectivity index (χ3v) is 3.09. The Hall–Kier alpha value is -1.26. The third-order valence-electron chi connectivity index (χ3n) is 3.09. The average molecular weight is 274 g/mol. The van der Waals surface area contributed by atoms with E-state index in [4.69, 9.17) is 5.11 Å². The summed E-state index contributed by atoms with van der Waals surface area (Å²) in [7, 11) is 0. The lowest BCUT2D eigenvalue weighted by Crippen LogP contribution is -1.81. The third kappa shape index (κ3) is 13.2. The molecule has 0 aromatic carbocycles. The van der Waals surface area contributed by atoms with Gasteiger partial charge >= 0.3 is 0 Å². The van der Waals surface area contributed by atoms with Gasteiger partial charge in [-0.2, -0.15) is 0 Å². The zero-order valence-electron chi connectivity index (χ0n) is 13.6. The van der Waals surface area contributed by atoms with Gasteiger partial charge in [-0.25, -0.2) is 0 Å². The molecule has 0 aromatic heterocycles. The number of hydrogen-bond acceptors (Lipinski definition) is 1. The van der Waals surface area contributed by atoms with Crippen LogP contribution >= 0.6 is 0 Å². The minimum atomic E-state index is -0.0283. The minimum Gasteiger partial charge on any atom is -0.384 e. The van der Waals surface area contributed by atoms with Gasteiger partial charge in [-0.05, 0) is 59.8 Å². The molecule has 0 aliphatic carbocycles. The van der Waals surface area contributed by atoms with Crippen LogP contribution in [0.15, 0.2) is 34.9 Å². The first-order valence-electron chi connectivity index (χ1n) is 7.57. The highest BCUT2D eigenvalue weighted by Gasteiger charge is 1.91. The molecule has 0 amide bonds. The van der Waals surface area contributed by atoms with Gasteiger partial charge in [0.1, 0.15) is 6.61 Å². The lowest BCUT2D eigenvalue weighted by Gasteiger charge is -2.01. The number of unbranched alkanes of at least 4 members (excludes halogenated alkanes) is 1. The molecule has 0 aliphatic heterocycles. The van der Waals surface area contributed by atoms with Crippen molar-refractivity contribution in [2.45, 2.75) is 66.2 Å². The Morgan fingerprint density at radius 1 is 0.800 bits per heavy atom. The quantitative estimate of drug-likeness (QED) is 0.367. The highest BCUT2D eigenvalue weighted by atomic mass is 16.2. The predicted molar refractivity (Wildman–Crippen MR) is 89.5 cm³/mol. The first kappa shape index (κ1) is 18.7. The van der Waals surface area contributed by atoms with Crippen molar-refractivity contribution < 1.29 is 5.11 Å². The first-order valence-corrected chi connectivity index (χ1v) is 7.57. The minimum absolute atomic E-state index is 0.0283. The molecule has 0 fully saturated rings. The Labute approximate surface area is 125 Å². The van der Waals surface area contributed by atoms with Crippen molar-refractivity contribution in [2.24, 2.45) is 0 Å². The highest BCUT2D eigenvalue weighted by molar-refractivity contribution is 5.06. The maximum absolute atomic E-state index is 8.54. The Balaban J connectivity index is 3.85. The molecule has 0 spiro atoms. The van der Waals surface area contributed by atoms with E-state index in [0.717, 1.165) is 32.1 Å². The van der Waals surface area contributed by atoms with E-state index in [1.807, 2.05) is 0 Å². The number of aliphatic hydroxyl groups excluding tert-OH is 1. The fourth-order valence-corrected chi connectivity index (χ4v) is 1.87. The molecule has 0 unspecified atom stereocenters. The van der Waals surface area contributed by atoms with Gasteiger partial charge in [-0.3, -0.25) is 0 Å². The summed E-state index contributed by atoms with van der Waals surface area (Å²) in [5.74, 6) is 5.60. The van der Waals surface area contributed by atoms with Crippen LogP contribution in [0.3, 0.4) is 0 Å². The zero-order chi connectivity index (χ0) is 15.2. The van der Waals surface area contributed by atoms with Crippen LogP contribution in [0.5, 0.6) is 0 Å². The second-order valence-corrected chi connectivity index (χ2v) is 5.51. The lowest BCUT2D eigenvalue weighted by atomic mass is 10.1. The van der Waals surface area contributed by atoms with Crippen LogP contribution in [-0.2, 0) is 0 Å². The van der Waals surface area contributed by atoms with Crippen LogP contribution < -0.4 is 0 Å². The van der Waals surface area contributed by atoms with E-state index in [0.29, 0.717) is 0 Å². The van der Waals surface area contributed by atoms with Crippen molar-refractivity contribution >= 4 is 0 Å². The normalized spacial score (nSPS) is 11.8. The van der Waals surface area contributed by atoms with Gasteiger partial charge in [0, 0.05) is 6.42 Å². The summed E-state index contributed by atoms with van der Waals surface area (Å²) < 4.78 is 0. The maximum atomic E-state index is 8.54. The van der Waals surface area contributed by atoms with Crippen molar-refractivity contribution in [3.8, 4) is 11.8 Å². The molecule has 0 atom stereocenters. The van der Waals surface area contributed by atoms with Gasteiger partial charge < -0.3 is 5.11 Å². The van der Waals surface area contributed by atoms with Crippen molar-refractivity contribution in [2.75, 3.05) is 6.61 Å². The summed E-state index contributed by atoms with van der Waals surface area (Å²) >= 11 is 0. The Bertz CT molecular complexity index is 395. The molecule has 1 heteroatoms. The molecular formula is C19H30O. The second-order valence-electron chi connectivity index (χ2n) is 5.51. The molecule has 0 saturated heterocycles. The molecule has 0 aliphatic rings. The molecule has 0 saturated carbocycles. The molecule has 0 aromatic rings. The van der Waals surface area contributed by atoms with Crippen LogP contribution in [0.4, 0.5) is 0 Å². The van der Waals surface area contributed by atoms with Crippen LogP contribution in [0.1, 0.15) is 66.2 Å². The number of rotatable bonds is 8. The van der Waals surface area contributed by atoms with E-state index in [9.17, 15) is 0 Å². The second kappa shape index (κ2) is 12.8. The summed E-state index contributed by atoms with van der Waals surface area (Å²) in [5, 5.41) is 8.54. The van der Waals surface area contributed by atoms with Crippen LogP contribution in [0.2, 0.25) is 0 Å². The monoisotopic (exact) mass is 274 g/mol. The lowest BCUT2D eigenvalue weighted by molar-refractivity contribution is 0.350. The fourth-order valence-electron chi connectivity index (χ4n) is 1.87. The predicted octanol–water partition coefficient (Wildman–Crippen LogP) is 5.18. The van der Waals surface area contributed by atoms with Gasteiger partial charge in [0.25, 0.3) is 0 Å². The Morgan fingerprint density at radius 2 is 1.35 bits per heavy atom. The van der Waals surface area contributed by atoms with Crippen molar-refractivity contribution in [1.29, 1.82) is 0 Å². The van der Waals surface area contributed by atoms with Crippen molar-refractivity contribution in [3.05, 3.63) is 34.9 Å². The first-order chi connectivity index (χ1) is 9.56. The molecule has 0 bridgehead atoms. The van der Waals surface area contributed by atoms with Gasteiger partial charge in [-0.1, -0.05) is 40.9 Å². The van der Waals surface area contributed by atoms with Crippen molar-refractivity contribution in [1.82, 2.24) is 0 Å². The van der Waals surface area contributed by atoms with Crippen molar-refractivity contribution in [3.63, 3.8) is 0 Å². The Morgan fingerprint density at radius 3 is 1.90 bits per heavy atom.